The summed E-state index contributed by atoms with van der Waals surface area (Å²) in [6.45, 7) is 3.77. The number of ether oxygens (including phenoxy) is 1. The molecular formula is C12H16F6O2. The van der Waals surface area contributed by atoms with E-state index in [9.17, 15) is 31.1 Å². The Morgan fingerprint density at radius 1 is 1.00 bits per heavy atom. The summed E-state index contributed by atoms with van der Waals surface area (Å²) in [6, 6.07) is 0. The van der Waals surface area contributed by atoms with E-state index < -0.39 is 30.3 Å². The number of esters is 1. The maximum Gasteiger partial charge on any atom is 0.411 e. The van der Waals surface area contributed by atoms with Crippen molar-refractivity contribution < 1.29 is 35.9 Å². The van der Waals surface area contributed by atoms with Crippen molar-refractivity contribution in [2.24, 2.45) is 17.8 Å². The van der Waals surface area contributed by atoms with Crippen LogP contribution in [0.3, 0.4) is 0 Å². The molecule has 1 aliphatic rings. The zero-order valence-electron chi connectivity index (χ0n) is 11.0. The van der Waals surface area contributed by atoms with Gasteiger partial charge in [-0.25, -0.2) is 0 Å². The Hall–Kier alpha value is -0.950. The summed E-state index contributed by atoms with van der Waals surface area (Å²) in [6.07, 6.45) is -11.1. The highest BCUT2D eigenvalue weighted by Gasteiger charge is 2.62. The van der Waals surface area contributed by atoms with Gasteiger partial charge >= 0.3 is 18.3 Å². The van der Waals surface area contributed by atoms with Crippen molar-refractivity contribution >= 4 is 5.97 Å². The maximum absolute atomic E-state index is 12.3. The third kappa shape index (κ3) is 4.28. The fourth-order valence-corrected chi connectivity index (χ4v) is 2.29. The molecule has 2 nitrogen and oxygen atoms in total. The number of carbonyl (C=O) groups excluding carboxylic acids is 1. The first-order valence-corrected chi connectivity index (χ1v) is 6.26. The van der Waals surface area contributed by atoms with E-state index in [1.165, 1.54) is 0 Å². The molecule has 0 unspecified atom stereocenters. The molecule has 1 fully saturated rings. The number of alkyl halides is 6. The Balaban J connectivity index is 2.73. The quantitative estimate of drug-likeness (QED) is 0.567. The van der Waals surface area contributed by atoms with Crippen LogP contribution in [0, 0.1) is 17.8 Å². The van der Waals surface area contributed by atoms with Crippen molar-refractivity contribution in [3.8, 4) is 0 Å². The predicted octanol–water partition coefficient (Wildman–Crippen LogP) is 4.10. The van der Waals surface area contributed by atoms with E-state index in [-0.39, 0.29) is 12.3 Å². The smallest absolute Gasteiger partial charge is 0.411 e. The average molecular weight is 306 g/mol. The lowest BCUT2D eigenvalue weighted by molar-refractivity contribution is -0.283. The molecule has 3 atom stereocenters. The van der Waals surface area contributed by atoms with Gasteiger partial charge in [-0.15, -0.1) is 0 Å². The van der Waals surface area contributed by atoms with Crippen molar-refractivity contribution in [1.82, 2.24) is 0 Å². The van der Waals surface area contributed by atoms with Gasteiger partial charge in [-0.05, 0) is 31.1 Å². The zero-order valence-corrected chi connectivity index (χ0v) is 11.0. The van der Waals surface area contributed by atoms with Gasteiger partial charge in [0.05, 0.1) is 0 Å². The lowest BCUT2D eigenvalue weighted by Crippen LogP contribution is -2.45. The minimum Gasteiger partial charge on any atom is -0.462 e. The second-order valence-electron chi connectivity index (χ2n) is 5.34. The van der Waals surface area contributed by atoms with E-state index in [1.54, 1.807) is 0 Å². The second kappa shape index (κ2) is 5.81. The fourth-order valence-electron chi connectivity index (χ4n) is 2.29. The molecule has 0 aromatic carbocycles. The van der Waals surface area contributed by atoms with E-state index in [2.05, 4.69) is 4.74 Å². The minimum atomic E-state index is -5.69. The van der Waals surface area contributed by atoms with Crippen LogP contribution in [0.5, 0.6) is 0 Å². The molecule has 0 bridgehead atoms. The zero-order chi connectivity index (χ0) is 15.7. The van der Waals surface area contributed by atoms with E-state index in [1.807, 2.05) is 13.8 Å². The third-order valence-corrected chi connectivity index (χ3v) is 3.72. The fraction of sp³-hybridized carbons (Fsp3) is 0.917. The maximum atomic E-state index is 12.3. The molecule has 1 aliphatic carbocycles. The molecule has 0 aliphatic heterocycles. The Bertz CT molecular complexity index is 335. The molecule has 20 heavy (non-hydrogen) atoms. The monoisotopic (exact) mass is 306 g/mol. The standard InChI is InChI=1S/C12H16F6O2/c1-6-3-4-8(5-7(6)2)20-10(19)9(11(13,14)15)12(16,17)18/h6-9H,3-5H2,1-2H3/t6-,7-,8-/m0/s1. The average Bonchev–Trinajstić information content (AvgIpc) is 2.18. The summed E-state index contributed by atoms with van der Waals surface area (Å²) in [5.74, 6) is -5.91. The molecule has 0 heterocycles. The summed E-state index contributed by atoms with van der Waals surface area (Å²) in [4.78, 5) is 11.2. The number of rotatable bonds is 2. The van der Waals surface area contributed by atoms with Crippen LogP contribution in [0.15, 0.2) is 0 Å². The van der Waals surface area contributed by atoms with Crippen LogP contribution in [0.1, 0.15) is 33.1 Å². The van der Waals surface area contributed by atoms with Gasteiger partial charge in [-0.3, -0.25) is 4.79 Å². The topological polar surface area (TPSA) is 26.3 Å². The lowest BCUT2D eigenvalue weighted by atomic mass is 9.80. The van der Waals surface area contributed by atoms with Crippen LogP contribution in [0.2, 0.25) is 0 Å². The summed E-state index contributed by atoms with van der Waals surface area (Å²) < 4.78 is 78.5. The first kappa shape index (κ1) is 17.1. The summed E-state index contributed by atoms with van der Waals surface area (Å²) >= 11 is 0. The van der Waals surface area contributed by atoms with Gasteiger partial charge in [-0.1, -0.05) is 13.8 Å². The largest absolute Gasteiger partial charge is 0.462 e. The molecule has 0 amide bonds. The highest BCUT2D eigenvalue weighted by Crippen LogP contribution is 2.41. The van der Waals surface area contributed by atoms with E-state index in [4.69, 9.17) is 0 Å². The molecular weight excluding hydrogens is 290 g/mol. The van der Waals surface area contributed by atoms with Crippen molar-refractivity contribution in [1.29, 1.82) is 0 Å². The van der Waals surface area contributed by atoms with Crippen molar-refractivity contribution in [3.63, 3.8) is 0 Å². The number of carbonyl (C=O) groups is 1. The summed E-state index contributed by atoms with van der Waals surface area (Å²) in [5.41, 5.74) is 0. The molecule has 0 aromatic rings. The van der Waals surface area contributed by atoms with Gasteiger partial charge < -0.3 is 4.74 Å². The number of hydrogen-bond acceptors (Lipinski definition) is 2. The number of halogens is 6. The molecule has 0 radical (unpaired) electrons. The third-order valence-electron chi connectivity index (χ3n) is 3.72. The Morgan fingerprint density at radius 2 is 1.50 bits per heavy atom. The van der Waals surface area contributed by atoms with Gasteiger partial charge in [0.15, 0.2) is 0 Å². The minimum absolute atomic E-state index is 0.0942. The second-order valence-corrected chi connectivity index (χ2v) is 5.34. The molecule has 1 rings (SSSR count). The SMILES string of the molecule is C[C@H]1CC[C@H](OC(=O)C(C(F)(F)F)C(F)(F)F)C[C@@H]1C. The van der Waals surface area contributed by atoms with Gasteiger partial charge in [-0.2, -0.15) is 26.3 Å². The van der Waals surface area contributed by atoms with Gasteiger partial charge in [0, 0.05) is 0 Å². The molecule has 8 heteroatoms. The predicted molar refractivity (Wildman–Crippen MR) is 57.7 cm³/mol. The van der Waals surface area contributed by atoms with Crippen LogP contribution < -0.4 is 0 Å². The molecule has 0 saturated heterocycles. The van der Waals surface area contributed by atoms with Crippen molar-refractivity contribution in [2.45, 2.75) is 51.6 Å². The van der Waals surface area contributed by atoms with Crippen LogP contribution in [0.25, 0.3) is 0 Å². The highest BCUT2D eigenvalue weighted by molar-refractivity contribution is 5.74. The molecule has 0 N–H and O–H groups in total. The Labute approximate surface area is 112 Å². The van der Waals surface area contributed by atoms with Gasteiger partial charge in [0.25, 0.3) is 0 Å². The normalized spacial score (nSPS) is 28.6. The molecule has 0 aromatic heterocycles. The number of hydrogen-bond donors (Lipinski definition) is 0. The van der Waals surface area contributed by atoms with Crippen LogP contribution in [-0.4, -0.2) is 24.4 Å². The lowest BCUT2D eigenvalue weighted by Gasteiger charge is -2.32. The molecule has 118 valence electrons. The summed E-state index contributed by atoms with van der Waals surface area (Å²) in [7, 11) is 0. The van der Waals surface area contributed by atoms with Gasteiger partial charge in [0.1, 0.15) is 6.10 Å². The van der Waals surface area contributed by atoms with E-state index in [0.29, 0.717) is 18.8 Å². The summed E-state index contributed by atoms with van der Waals surface area (Å²) in [5, 5.41) is 0. The van der Waals surface area contributed by atoms with Crippen LogP contribution in [0.4, 0.5) is 26.3 Å². The molecule has 1 saturated carbocycles. The first-order valence-electron chi connectivity index (χ1n) is 6.26. The van der Waals surface area contributed by atoms with Crippen molar-refractivity contribution in [3.05, 3.63) is 0 Å². The highest BCUT2D eigenvalue weighted by atomic mass is 19.4. The van der Waals surface area contributed by atoms with Crippen LogP contribution in [-0.2, 0) is 9.53 Å². The van der Waals surface area contributed by atoms with E-state index >= 15 is 0 Å². The Morgan fingerprint density at radius 3 is 1.90 bits per heavy atom. The Kier molecular flexibility index (Phi) is 4.97. The molecule has 0 spiro atoms. The van der Waals surface area contributed by atoms with Gasteiger partial charge in [0.2, 0.25) is 5.92 Å². The first-order chi connectivity index (χ1) is 8.93. The van der Waals surface area contributed by atoms with E-state index in [0.717, 1.165) is 0 Å². The van der Waals surface area contributed by atoms with Crippen LogP contribution >= 0.6 is 0 Å². The van der Waals surface area contributed by atoms with Crippen molar-refractivity contribution in [2.75, 3.05) is 0 Å².